The number of anilines is 1. The Morgan fingerprint density at radius 1 is 1.05 bits per heavy atom. The fraction of sp³-hybridized carbons (Fsp3) is 0.0714. The smallest absolute Gasteiger partial charge is 0.137 e. The second-order valence-corrected chi connectivity index (χ2v) is 5.01. The highest BCUT2D eigenvalue weighted by Crippen LogP contribution is 2.23. The van der Waals surface area contributed by atoms with E-state index >= 15 is 0 Å². The van der Waals surface area contributed by atoms with Crippen LogP contribution in [0.1, 0.15) is 5.56 Å². The van der Waals surface area contributed by atoms with E-state index in [4.69, 9.17) is 0 Å². The van der Waals surface area contributed by atoms with Crippen LogP contribution in [-0.2, 0) is 6.54 Å². The van der Waals surface area contributed by atoms with Crippen molar-refractivity contribution >= 4 is 32.7 Å². The third-order valence-corrected chi connectivity index (χ3v) is 3.30. The molecule has 0 aliphatic rings. The molecule has 0 aliphatic carbocycles. The molecule has 19 heavy (non-hydrogen) atoms. The first kappa shape index (κ1) is 12.0. The molecule has 0 saturated heterocycles. The minimum absolute atomic E-state index is 0.709. The number of pyridine rings is 1. The molecule has 94 valence electrons. The summed E-state index contributed by atoms with van der Waals surface area (Å²) in [7, 11) is 0. The van der Waals surface area contributed by atoms with E-state index in [1.54, 1.807) is 18.7 Å². The highest BCUT2D eigenvalue weighted by Gasteiger charge is 2.03. The van der Waals surface area contributed by atoms with Crippen molar-refractivity contribution in [3.05, 3.63) is 59.1 Å². The van der Waals surface area contributed by atoms with Gasteiger partial charge < -0.3 is 5.32 Å². The van der Waals surface area contributed by atoms with Gasteiger partial charge in [-0.1, -0.05) is 15.9 Å². The van der Waals surface area contributed by atoms with Crippen LogP contribution in [0.3, 0.4) is 0 Å². The molecule has 3 rings (SSSR count). The zero-order valence-electron chi connectivity index (χ0n) is 10.0. The second kappa shape index (κ2) is 5.32. The molecule has 0 fully saturated rings. The average molecular weight is 315 g/mol. The highest BCUT2D eigenvalue weighted by atomic mass is 79.9. The Labute approximate surface area is 119 Å². The fourth-order valence-electron chi connectivity index (χ4n) is 1.86. The van der Waals surface area contributed by atoms with Gasteiger partial charge in [0.2, 0.25) is 0 Å². The number of rotatable bonds is 3. The zero-order valence-corrected chi connectivity index (χ0v) is 11.6. The SMILES string of the molecule is Brc1ccc2ncnc(NCc3ccncc3)c2c1. The van der Waals surface area contributed by atoms with Gasteiger partial charge in [-0.25, -0.2) is 9.97 Å². The van der Waals surface area contributed by atoms with E-state index in [9.17, 15) is 0 Å². The minimum Gasteiger partial charge on any atom is -0.365 e. The molecule has 0 bridgehead atoms. The second-order valence-electron chi connectivity index (χ2n) is 4.09. The molecule has 0 atom stereocenters. The molecule has 0 saturated carbocycles. The number of fused-ring (bicyclic) bond motifs is 1. The first-order valence-corrected chi connectivity index (χ1v) is 6.65. The van der Waals surface area contributed by atoms with Gasteiger partial charge in [0.15, 0.2) is 0 Å². The van der Waals surface area contributed by atoms with E-state index in [0.29, 0.717) is 6.54 Å². The molecule has 0 unspecified atom stereocenters. The van der Waals surface area contributed by atoms with Crippen molar-refractivity contribution in [2.24, 2.45) is 0 Å². The topological polar surface area (TPSA) is 50.7 Å². The summed E-state index contributed by atoms with van der Waals surface area (Å²) in [5.74, 6) is 0.836. The van der Waals surface area contributed by atoms with E-state index in [1.807, 2.05) is 30.3 Å². The monoisotopic (exact) mass is 314 g/mol. The Hall–Kier alpha value is -2.01. The fourth-order valence-corrected chi connectivity index (χ4v) is 2.22. The number of nitrogens with zero attached hydrogens (tertiary/aromatic N) is 3. The van der Waals surface area contributed by atoms with Crippen LogP contribution < -0.4 is 5.32 Å². The van der Waals surface area contributed by atoms with Crippen LogP contribution in [0.4, 0.5) is 5.82 Å². The Morgan fingerprint density at radius 3 is 2.74 bits per heavy atom. The molecule has 5 heteroatoms. The van der Waals surface area contributed by atoms with E-state index < -0.39 is 0 Å². The molecule has 1 N–H and O–H groups in total. The molecule has 0 aliphatic heterocycles. The van der Waals surface area contributed by atoms with Crippen LogP contribution in [0.5, 0.6) is 0 Å². The van der Waals surface area contributed by atoms with Crippen molar-refractivity contribution in [3.63, 3.8) is 0 Å². The molecule has 2 heterocycles. The van der Waals surface area contributed by atoms with Crippen LogP contribution in [0.2, 0.25) is 0 Å². The third kappa shape index (κ3) is 2.71. The summed E-state index contributed by atoms with van der Waals surface area (Å²) in [6.45, 7) is 0.709. The third-order valence-electron chi connectivity index (χ3n) is 2.81. The van der Waals surface area contributed by atoms with Crippen LogP contribution in [-0.4, -0.2) is 15.0 Å². The first-order chi connectivity index (χ1) is 9.33. The minimum atomic E-state index is 0.709. The predicted octanol–water partition coefficient (Wildman–Crippen LogP) is 3.40. The normalized spacial score (nSPS) is 10.6. The number of hydrogen-bond donors (Lipinski definition) is 1. The number of benzene rings is 1. The quantitative estimate of drug-likeness (QED) is 0.805. The molecule has 0 radical (unpaired) electrons. The summed E-state index contributed by atoms with van der Waals surface area (Å²) >= 11 is 3.47. The standard InChI is InChI=1S/C14H11BrN4/c15-11-1-2-13-12(7-11)14(19-9-18-13)17-8-10-3-5-16-6-4-10/h1-7,9H,8H2,(H,17,18,19). The van der Waals surface area contributed by atoms with Gasteiger partial charge in [-0.2, -0.15) is 0 Å². The van der Waals surface area contributed by atoms with Gasteiger partial charge >= 0.3 is 0 Å². The van der Waals surface area contributed by atoms with Gasteiger partial charge in [0.05, 0.1) is 5.52 Å². The van der Waals surface area contributed by atoms with Crippen molar-refractivity contribution in [1.82, 2.24) is 15.0 Å². The summed E-state index contributed by atoms with van der Waals surface area (Å²) in [6, 6.07) is 9.92. The summed E-state index contributed by atoms with van der Waals surface area (Å²) in [6.07, 6.45) is 5.14. The van der Waals surface area contributed by atoms with Crippen molar-refractivity contribution < 1.29 is 0 Å². The van der Waals surface area contributed by atoms with Crippen molar-refractivity contribution in [2.45, 2.75) is 6.54 Å². The first-order valence-electron chi connectivity index (χ1n) is 5.86. The van der Waals surface area contributed by atoms with E-state index in [1.165, 1.54) is 0 Å². The lowest BCUT2D eigenvalue weighted by molar-refractivity contribution is 1.09. The van der Waals surface area contributed by atoms with Gasteiger partial charge in [-0.15, -0.1) is 0 Å². The number of nitrogens with one attached hydrogen (secondary N) is 1. The molecule has 2 aromatic heterocycles. The van der Waals surface area contributed by atoms with Crippen LogP contribution in [0, 0.1) is 0 Å². The molecule has 4 nitrogen and oxygen atoms in total. The zero-order chi connectivity index (χ0) is 13.1. The Morgan fingerprint density at radius 2 is 1.89 bits per heavy atom. The van der Waals surface area contributed by atoms with Gasteiger partial charge in [0.1, 0.15) is 12.1 Å². The van der Waals surface area contributed by atoms with Gasteiger partial charge in [0, 0.05) is 28.8 Å². The number of aromatic nitrogens is 3. The van der Waals surface area contributed by atoms with Crippen molar-refractivity contribution in [1.29, 1.82) is 0 Å². The summed E-state index contributed by atoms with van der Waals surface area (Å²) in [5, 5.41) is 4.34. The lowest BCUT2D eigenvalue weighted by atomic mass is 10.2. The van der Waals surface area contributed by atoms with Gasteiger partial charge in [-0.3, -0.25) is 4.98 Å². The summed E-state index contributed by atoms with van der Waals surface area (Å²) in [5.41, 5.74) is 2.09. The van der Waals surface area contributed by atoms with Gasteiger partial charge in [0.25, 0.3) is 0 Å². The van der Waals surface area contributed by atoms with Crippen molar-refractivity contribution in [2.75, 3.05) is 5.32 Å². The summed E-state index contributed by atoms with van der Waals surface area (Å²) in [4.78, 5) is 12.6. The lowest BCUT2D eigenvalue weighted by Gasteiger charge is -2.08. The molecular formula is C14H11BrN4. The highest BCUT2D eigenvalue weighted by molar-refractivity contribution is 9.10. The van der Waals surface area contributed by atoms with E-state index in [-0.39, 0.29) is 0 Å². The average Bonchev–Trinajstić information content (AvgIpc) is 2.46. The molecular weight excluding hydrogens is 304 g/mol. The summed E-state index contributed by atoms with van der Waals surface area (Å²) < 4.78 is 1.02. The number of hydrogen-bond acceptors (Lipinski definition) is 4. The van der Waals surface area contributed by atoms with E-state index in [2.05, 4.69) is 36.2 Å². The van der Waals surface area contributed by atoms with Crippen LogP contribution in [0.15, 0.2) is 53.5 Å². The Bertz CT molecular complexity index is 700. The molecule has 0 amide bonds. The van der Waals surface area contributed by atoms with E-state index in [0.717, 1.165) is 26.8 Å². The lowest BCUT2D eigenvalue weighted by Crippen LogP contribution is -2.02. The molecule has 1 aromatic carbocycles. The Balaban J connectivity index is 1.90. The largest absolute Gasteiger partial charge is 0.365 e. The number of halogens is 1. The maximum absolute atomic E-state index is 4.30. The molecule has 3 aromatic rings. The maximum atomic E-state index is 4.30. The van der Waals surface area contributed by atoms with Gasteiger partial charge in [-0.05, 0) is 35.9 Å². The Kier molecular flexibility index (Phi) is 3.37. The van der Waals surface area contributed by atoms with Crippen LogP contribution >= 0.6 is 15.9 Å². The molecule has 0 spiro atoms. The maximum Gasteiger partial charge on any atom is 0.137 e. The van der Waals surface area contributed by atoms with Crippen LogP contribution in [0.25, 0.3) is 10.9 Å². The van der Waals surface area contributed by atoms with Crippen molar-refractivity contribution in [3.8, 4) is 0 Å². The predicted molar refractivity (Wildman–Crippen MR) is 78.8 cm³/mol.